The molecule has 26 heavy (non-hydrogen) atoms. The Morgan fingerprint density at radius 2 is 1.85 bits per heavy atom. The largest absolute Gasteiger partial charge is 0.451 e. The number of amides is 2. The Labute approximate surface area is 151 Å². The van der Waals surface area contributed by atoms with Crippen LogP contribution in [0.1, 0.15) is 40.6 Å². The van der Waals surface area contributed by atoms with E-state index in [1.54, 1.807) is 0 Å². The number of hydrogen-bond donors (Lipinski definition) is 2. The average Bonchev–Trinajstić information content (AvgIpc) is 3.01. The summed E-state index contributed by atoms with van der Waals surface area (Å²) in [6.07, 6.45) is 0.990. The molecule has 5 heteroatoms. The van der Waals surface area contributed by atoms with Crippen molar-refractivity contribution >= 4 is 22.8 Å². The molecule has 5 nitrogen and oxygen atoms in total. The summed E-state index contributed by atoms with van der Waals surface area (Å²) in [4.78, 5) is 24.7. The van der Waals surface area contributed by atoms with Crippen molar-refractivity contribution in [3.05, 3.63) is 71.5 Å². The number of fused-ring (bicyclic) bond motifs is 1. The monoisotopic (exact) mass is 348 g/mol. The third kappa shape index (κ3) is 2.96. The molecule has 2 heterocycles. The fourth-order valence-electron chi connectivity index (χ4n) is 3.56. The van der Waals surface area contributed by atoms with Crippen LogP contribution in [0.4, 0.5) is 0 Å². The third-order valence-electron chi connectivity index (χ3n) is 4.93. The highest BCUT2D eigenvalue weighted by Crippen LogP contribution is 2.27. The number of piperidine rings is 1. The number of hydrogen-bond acceptors (Lipinski definition) is 3. The van der Waals surface area contributed by atoms with Crippen LogP contribution in [0, 0.1) is 6.92 Å². The van der Waals surface area contributed by atoms with Crippen molar-refractivity contribution in [2.45, 2.75) is 31.8 Å². The molecule has 1 saturated heterocycles. The van der Waals surface area contributed by atoms with Gasteiger partial charge in [-0.05, 0) is 25.0 Å². The van der Waals surface area contributed by atoms with Crippen LogP contribution in [0.25, 0.3) is 11.0 Å². The molecular weight excluding hydrogens is 328 g/mol. The number of aryl methyl sites for hydroxylation is 1. The van der Waals surface area contributed by atoms with Crippen molar-refractivity contribution in [2.24, 2.45) is 0 Å². The Morgan fingerprint density at radius 3 is 2.62 bits per heavy atom. The molecule has 2 amide bonds. The molecule has 4 rings (SSSR count). The number of carbonyl (C=O) groups excluding carboxylic acids is 2. The summed E-state index contributed by atoms with van der Waals surface area (Å²) < 4.78 is 5.76. The van der Waals surface area contributed by atoms with Crippen LogP contribution < -0.4 is 10.6 Å². The van der Waals surface area contributed by atoms with E-state index in [2.05, 4.69) is 10.6 Å². The van der Waals surface area contributed by atoms with Gasteiger partial charge in [-0.15, -0.1) is 0 Å². The molecule has 0 aliphatic carbocycles. The topological polar surface area (TPSA) is 71.3 Å². The molecular formula is C21H20N2O3. The molecule has 3 aromatic rings. The number of rotatable bonds is 3. The van der Waals surface area contributed by atoms with Crippen LogP contribution >= 0.6 is 0 Å². The quantitative estimate of drug-likeness (QED) is 0.761. The SMILES string of the molecule is Cc1c(C(=O)NC2CCC(=O)NC2c2ccccc2)oc2ccccc12. The maximum atomic E-state index is 12.8. The number of nitrogens with one attached hydrogen (secondary N) is 2. The molecule has 0 bridgehead atoms. The second kappa shape index (κ2) is 6.67. The Morgan fingerprint density at radius 1 is 1.12 bits per heavy atom. The van der Waals surface area contributed by atoms with Gasteiger partial charge in [-0.1, -0.05) is 48.5 Å². The molecule has 2 N–H and O–H groups in total. The van der Waals surface area contributed by atoms with Crippen molar-refractivity contribution in [3.63, 3.8) is 0 Å². The van der Waals surface area contributed by atoms with Crippen LogP contribution in [0.3, 0.4) is 0 Å². The van der Waals surface area contributed by atoms with Gasteiger partial charge in [0.05, 0.1) is 12.1 Å². The first-order chi connectivity index (χ1) is 12.6. The lowest BCUT2D eigenvalue weighted by Crippen LogP contribution is -2.50. The van der Waals surface area contributed by atoms with E-state index in [-0.39, 0.29) is 23.9 Å². The normalized spacial score (nSPS) is 20.0. The zero-order valence-electron chi connectivity index (χ0n) is 14.5. The molecule has 0 spiro atoms. The van der Waals surface area contributed by atoms with Crippen molar-refractivity contribution in [1.29, 1.82) is 0 Å². The van der Waals surface area contributed by atoms with E-state index in [1.165, 1.54) is 0 Å². The third-order valence-corrected chi connectivity index (χ3v) is 4.93. The van der Waals surface area contributed by atoms with Gasteiger partial charge in [0.2, 0.25) is 5.91 Å². The second-order valence-electron chi connectivity index (χ2n) is 6.63. The second-order valence-corrected chi connectivity index (χ2v) is 6.63. The standard InChI is InChI=1S/C21H20N2O3/c1-13-15-9-5-6-10-17(15)26-20(13)21(25)22-16-11-12-18(24)23-19(16)14-7-3-2-4-8-14/h2-10,16,19H,11-12H2,1H3,(H,22,25)(H,23,24). The van der Waals surface area contributed by atoms with Gasteiger partial charge in [0.15, 0.2) is 5.76 Å². The molecule has 2 atom stereocenters. The summed E-state index contributed by atoms with van der Waals surface area (Å²) in [7, 11) is 0. The predicted octanol–water partition coefficient (Wildman–Crippen LogP) is 3.49. The minimum absolute atomic E-state index is 0.00395. The maximum Gasteiger partial charge on any atom is 0.287 e. The van der Waals surface area contributed by atoms with Crippen LogP contribution in [-0.2, 0) is 4.79 Å². The zero-order valence-corrected chi connectivity index (χ0v) is 14.5. The highest BCUT2D eigenvalue weighted by atomic mass is 16.3. The summed E-state index contributed by atoms with van der Waals surface area (Å²) in [6, 6.07) is 16.9. The smallest absolute Gasteiger partial charge is 0.287 e. The molecule has 1 aliphatic rings. The first-order valence-electron chi connectivity index (χ1n) is 8.77. The van der Waals surface area contributed by atoms with Crippen molar-refractivity contribution < 1.29 is 14.0 Å². The lowest BCUT2D eigenvalue weighted by Gasteiger charge is -2.33. The molecule has 1 fully saturated rings. The van der Waals surface area contributed by atoms with Gasteiger partial charge >= 0.3 is 0 Å². The summed E-state index contributed by atoms with van der Waals surface area (Å²) in [6.45, 7) is 1.89. The summed E-state index contributed by atoms with van der Waals surface area (Å²) in [5, 5.41) is 6.99. The van der Waals surface area contributed by atoms with Gasteiger partial charge in [0.25, 0.3) is 5.91 Å². The molecule has 2 aromatic carbocycles. The van der Waals surface area contributed by atoms with E-state index in [1.807, 2.05) is 61.5 Å². The minimum atomic E-state index is -0.249. The van der Waals surface area contributed by atoms with E-state index >= 15 is 0 Å². The van der Waals surface area contributed by atoms with Crippen molar-refractivity contribution in [1.82, 2.24) is 10.6 Å². The highest BCUT2D eigenvalue weighted by Gasteiger charge is 2.32. The van der Waals surface area contributed by atoms with E-state index in [4.69, 9.17) is 4.42 Å². The van der Waals surface area contributed by atoms with Gasteiger partial charge in [-0.25, -0.2) is 0 Å². The number of furan rings is 1. The van der Waals surface area contributed by atoms with Gasteiger partial charge in [-0.2, -0.15) is 0 Å². The van der Waals surface area contributed by atoms with E-state index < -0.39 is 0 Å². The zero-order chi connectivity index (χ0) is 18.1. The molecule has 1 aliphatic heterocycles. The van der Waals surface area contributed by atoms with Crippen LogP contribution in [0.5, 0.6) is 0 Å². The number of carbonyl (C=O) groups is 2. The molecule has 0 saturated carbocycles. The van der Waals surface area contributed by atoms with E-state index in [0.717, 1.165) is 16.5 Å². The molecule has 2 unspecified atom stereocenters. The van der Waals surface area contributed by atoms with Crippen LogP contribution in [-0.4, -0.2) is 17.9 Å². The van der Waals surface area contributed by atoms with Gasteiger partial charge < -0.3 is 15.1 Å². The van der Waals surface area contributed by atoms with Gasteiger partial charge in [0.1, 0.15) is 5.58 Å². The summed E-state index contributed by atoms with van der Waals surface area (Å²) in [5.41, 5.74) is 2.51. The van der Waals surface area contributed by atoms with Gasteiger partial charge in [-0.3, -0.25) is 9.59 Å². The van der Waals surface area contributed by atoms with E-state index in [0.29, 0.717) is 24.2 Å². The Kier molecular flexibility index (Phi) is 4.21. The highest BCUT2D eigenvalue weighted by molar-refractivity contribution is 5.99. The lowest BCUT2D eigenvalue weighted by atomic mass is 9.92. The van der Waals surface area contributed by atoms with Crippen molar-refractivity contribution in [2.75, 3.05) is 0 Å². The van der Waals surface area contributed by atoms with Gasteiger partial charge in [0, 0.05) is 17.4 Å². The molecule has 0 radical (unpaired) electrons. The maximum absolute atomic E-state index is 12.8. The predicted molar refractivity (Wildman–Crippen MR) is 98.8 cm³/mol. The number of benzene rings is 2. The number of para-hydroxylation sites is 1. The van der Waals surface area contributed by atoms with Crippen LogP contribution in [0.2, 0.25) is 0 Å². The Hall–Kier alpha value is -3.08. The van der Waals surface area contributed by atoms with Crippen LogP contribution in [0.15, 0.2) is 59.0 Å². The first kappa shape index (κ1) is 16.4. The first-order valence-corrected chi connectivity index (χ1v) is 8.77. The summed E-state index contributed by atoms with van der Waals surface area (Å²) in [5.74, 6) is 0.0833. The lowest BCUT2D eigenvalue weighted by molar-refractivity contribution is -0.123. The molecule has 1 aromatic heterocycles. The fraction of sp³-hybridized carbons (Fsp3) is 0.238. The Bertz CT molecular complexity index is 962. The van der Waals surface area contributed by atoms with E-state index in [9.17, 15) is 9.59 Å². The fourth-order valence-corrected chi connectivity index (χ4v) is 3.56. The molecule has 132 valence electrons. The minimum Gasteiger partial charge on any atom is -0.451 e. The average molecular weight is 348 g/mol. The van der Waals surface area contributed by atoms with Crippen molar-refractivity contribution in [3.8, 4) is 0 Å². The summed E-state index contributed by atoms with van der Waals surface area (Å²) >= 11 is 0. The Balaban J connectivity index is 1.60.